The Labute approximate surface area is 211 Å². The molecule has 0 fully saturated rings. The molecule has 1 aliphatic rings. The molecule has 0 radical (unpaired) electrons. The van der Waals surface area contributed by atoms with Crippen molar-refractivity contribution in [2.24, 2.45) is 0 Å². The lowest BCUT2D eigenvalue weighted by Gasteiger charge is -2.28. The zero-order chi connectivity index (χ0) is 25.0. The van der Waals surface area contributed by atoms with E-state index in [1.807, 2.05) is 13.0 Å². The molecule has 0 saturated heterocycles. The Bertz CT molecular complexity index is 1650. The van der Waals surface area contributed by atoms with Gasteiger partial charge in [0.1, 0.15) is 5.58 Å². The number of rotatable bonds is 4. The van der Waals surface area contributed by atoms with Gasteiger partial charge in [-0.1, -0.05) is 38.1 Å². The third kappa shape index (κ3) is 3.72. The molecule has 0 spiro atoms. The molecule has 0 saturated carbocycles. The number of hydrogen-bond donors (Lipinski definition) is 0. The zero-order valence-corrected chi connectivity index (χ0v) is 21.4. The summed E-state index contributed by atoms with van der Waals surface area (Å²) in [5.74, 6) is 0. The second-order valence-electron chi connectivity index (χ2n) is 10.3. The number of aromatic nitrogens is 2. The molecule has 3 aromatic heterocycles. The van der Waals surface area contributed by atoms with Gasteiger partial charge < -0.3 is 14.2 Å². The molecule has 0 bridgehead atoms. The summed E-state index contributed by atoms with van der Waals surface area (Å²) in [7, 11) is 2.09. The predicted octanol–water partition coefficient (Wildman–Crippen LogP) is 7.17. The van der Waals surface area contributed by atoms with Crippen LogP contribution < -0.4 is 4.90 Å². The van der Waals surface area contributed by atoms with Gasteiger partial charge in [0.15, 0.2) is 0 Å². The summed E-state index contributed by atoms with van der Waals surface area (Å²) in [6, 6.07) is 23.5. The molecule has 6 rings (SSSR count). The van der Waals surface area contributed by atoms with Crippen LogP contribution >= 0.6 is 0 Å². The molecule has 5 nitrogen and oxygen atoms in total. The molecule has 0 atom stereocenters. The topological polar surface area (TPSA) is 45.4 Å². The van der Waals surface area contributed by atoms with Gasteiger partial charge in [0.25, 0.3) is 0 Å². The smallest absolute Gasteiger partial charge is 0.227 e. The summed E-state index contributed by atoms with van der Waals surface area (Å²) in [6.07, 6.45) is 4.22. The fraction of sp³-hybridized carbons (Fsp3) is 0.226. The van der Waals surface area contributed by atoms with Crippen LogP contribution in [0, 0.1) is 13.8 Å². The highest BCUT2D eigenvalue weighted by atomic mass is 16.3. The van der Waals surface area contributed by atoms with Crippen molar-refractivity contribution in [3.63, 3.8) is 0 Å². The number of nitrogens with zero attached hydrogens (tertiary/aromatic N) is 4. The molecular formula is C31H30N4O. The quantitative estimate of drug-likeness (QED) is 0.276. The van der Waals surface area contributed by atoms with Crippen LogP contribution in [-0.2, 0) is 5.41 Å². The second-order valence-corrected chi connectivity index (χ2v) is 10.3. The van der Waals surface area contributed by atoms with Crippen LogP contribution in [0.4, 0.5) is 5.69 Å². The average Bonchev–Trinajstić information content (AvgIpc) is 3.46. The second kappa shape index (κ2) is 8.23. The van der Waals surface area contributed by atoms with Gasteiger partial charge in [-0.3, -0.25) is 4.98 Å². The predicted molar refractivity (Wildman–Crippen MR) is 147 cm³/mol. The highest BCUT2D eigenvalue weighted by Crippen LogP contribution is 2.38. The average molecular weight is 475 g/mol. The standard InChI is InChI=1S/C31H30N4O/c1-20-16-27(26-11-7-10-24-25-13-12-21(2)32-30(25)36-29(24)26)33-28(17-20)31(3,4)22-8-6-9-23(18-22)35-15-14-34(5)19-35/h6-18H,19H2,1-5H3. The van der Waals surface area contributed by atoms with Crippen molar-refractivity contribution >= 4 is 27.8 Å². The third-order valence-electron chi connectivity index (χ3n) is 7.17. The summed E-state index contributed by atoms with van der Waals surface area (Å²) in [5.41, 5.74) is 8.69. The van der Waals surface area contributed by atoms with Crippen LogP contribution in [0.3, 0.4) is 0 Å². The molecular weight excluding hydrogens is 444 g/mol. The molecule has 0 aliphatic carbocycles. The largest absolute Gasteiger partial charge is 0.437 e. The summed E-state index contributed by atoms with van der Waals surface area (Å²) in [5, 5.41) is 2.10. The number of aryl methyl sites for hydroxylation is 2. The van der Waals surface area contributed by atoms with E-state index >= 15 is 0 Å². The number of para-hydroxylation sites is 1. The van der Waals surface area contributed by atoms with Crippen molar-refractivity contribution < 1.29 is 4.42 Å². The Balaban J connectivity index is 1.45. The highest BCUT2D eigenvalue weighted by Gasteiger charge is 2.27. The maximum atomic E-state index is 6.28. The number of pyridine rings is 2. The van der Waals surface area contributed by atoms with Crippen LogP contribution in [0.5, 0.6) is 0 Å². The van der Waals surface area contributed by atoms with Gasteiger partial charge in [-0.2, -0.15) is 0 Å². The first-order chi connectivity index (χ1) is 17.3. The van der Waals surface area contributed by atoms with Gasteiger partial charge in [0, 0.05) is 52.6 Å². The first kappa shape index (κ1) is 22.4. The molecule has 0 N–H and O–H groups in total. The van der Waals surface area contributed by atoms with E-state index in [1.165, 1.54) is 16.8 Å². The number of fused-ring (bicyclic) bond motifs is 3. The zero-order valence-electron chi connectivity index (χ0n) is 21.4. The van der Waals surface area contributed by atoms with E-state index in [-0.39, 0.29) is 5.41 Å². The summed E-state index contributed by atoms with van der Waals surface area (Å²) >= 11 is 0. The Morgan fingerprint density at radius 2 is 1.69 bits per heavy atom. The fourth-order valence-electron chi connectivity index (χ4n) is 5.02. The molecule has 0 unspecified atom stereocenters. The van der Waals surface area contributed by atoms with Crippen molar-refractivity contribution in [3.8, 4) is 11.3 Å². The summed E-state index contributed by atoms with van der Waals surface area (Å²) < 4.78 is 6.28. The highest BCUT2D eigenvalue weighted by molar-refractivity contribution is 6.08. The summed E-state index contributed by atoms with van der Waals surface area (Å²) in [4.78, 5) is 14.2. The van der Waals surface area contributed by atoms with Gasteiger partial charge >= 0.3 is 0 Å². The summed E-state index contributed by atoms with van der Waals surface area (Å²) in [6.45, 7) is 9.47. The van der Waals surface area contributed by atoms with Crippen molar-refractivity contribution in [2.75, 3.05) is 18.6 Å². The molecule has 5 aromatic rings. The SMILES string of the molecule is Cc1cc(-c2cccc3c2oc2nc(C)ccc23)nc(C(C)(C)c2cccc(N3C=CN(C)C3)c2)c1. The van der Waals surface area contributed by atoms with Crippen LogP contribution in [0.1, 0.15) is 36.4 Å². The molecule has 5 heteroatoms. The molecule has 1 aliphatic heterocycles. The van der Waals surface area contributed by atoms with E-state index in [4.69, 9.17) is 9.40 Å². The maximum Gasteiger partial charge on any atom is 0.227 e. The molecule has 2 aromatic carbocycles. The number of furan rings is 1. The van der Waals surface area contributed by atoms with Gasteiger partial charge in [-0.15, -0.1) is 0 Å². The van der Waals surface area contributed by atoms with Gasteiger partial charge in [0.05, 0.1) is 18.1 Å². The number of hydrogen-bond acceptors (Lipinski definition) is 5. The van der Waals surface area contributed by atoms with Gasteiger partial charge in [-0.05, 0) is 67.4 Å². The van der Waals surface area contributed by atoms with E-state index in [9.17, 15) is 0 Å². The number of anilines is 1. The van der Waals surface area contributed by atoms with Crippen LogP contribution in [0.15, 0.2) is 83.5 Å². The Morgan fingerprint density at radius 1 is 0.861 bits per heavy atom. The van der Waals surface area contributed by atoms with E-state index < -0.39 is 0 Å². The molecule has 36 heavy (non-hydrogen) atoms. The first-order valence-electron chi connectivity index (χ1n) is 12.3. The fourth-order valence-corrected chi connectivity index (χ4v) is 5.02. The van der Waals surface area contributed by atoms with Crippen molar-refractivity contribution in [3.05, 3.63) is 102 Å². The van der Waals surface area contributed by atoms with Crippen LogP contribution in [-0.4, -0.2) is 28.6 Å². The lowest BCUT2D eigenvalue weighted by Crippen LogP contribution is -2.24. The van der Waals surface area contributed by atoms with Gasteiger partial charge in [0.2, 0.25) is 5.71 Å². The Kier molecular flexibility index (Phi) is 5.11. The van der Waals surface area contributed by atoms with E-state index in [0.717, 1.165) is 45.7 Å². The normalized spacial score (nSPS) is 13.9. The van der Waals surface area contributed by atoms with Crippen molar-refractivity contribution in [1.29, 1.82) is 0 Å². The van der Waals surface area contributed by atoms with Crippen LogP contribution in [0.25, 0.3) is 33.3 Å². The van der Waals surface area contributed by atoms with E-state index in [0.29, 0.717) is 5.71 Å². The maximum absolute atomic E-state index is 6.28. The van der Waals surface area contributed by atoms with Crippen molar-refractivity contribution in [1.82, 2.24) is 14.9 Å². The molecule has 180 valence electrons. The minimum Gasteiger partial charge on any atom is -0.437 e. The van der Waals surface area contributed by atoms with E-state index in [1.54, 1.807) is 0 Å². The van der Waals surface area contributed by atoms with Crippen molar-refractivity contribution in [2.45, 2.75) is 33.1 Å². The monoisotopic (exact) mass is 474 g/mol. The Hall–Kier alpha value is -4.12. The molecule has 0 amide bonds. The van der Waals surface area contributed by atoms with Crippen LogP contribution in [0.2, 0.25) is 0 Å². The first-order valence-corrected chi connectivity index (χ1v) is 12.3. The third-order valence-corrected chi connectivity index (χ3v) is 7.17. The number of benzene rings is 2. The van der Waals surface area contributed by atoms with Gasteiger partial charge in [-0.25, -0.2) is 4.98 Å². The lowest BCUT2D eigenvalue weighted by molar-refractivity contribution is 0.495. The Morgan fingerprint density at radius 3 is 2.50 bits per heavy atom. The minimum absolute atomic E-state index is 0.285. The molecule has 4 heterocycles. The minimum atomic E-state index is -0.285. The van der Waals surface area contributed by atoms with E-state index in [2.05, 4.69) is 116 Å². The lowest BCUT2D eigenvalue weighted by atomic mass is 9.80.